The summed E-state index contributed by atoms with van der Waals surface area (Å²) in [6, 6.07) is 4.01. The Morgan fingerprint density at radius 1 is 1.17 bits per heavy atom. The van der Waals surface area contributed by atoms with Crippen molar-refractivity contribution in [2.24, 2.45) is 16.7 Å². The van der Waals surface area contributed by atoms with Crippen molar-refractivity contribution in [2.45, 2.75) is 60.3 Å². The molecule has 1 saturated heterocycles. The van der Waals surface area contributed by atoms with E-state index in [9.17, 15) is 0 Å². The van der Waals surface area contributed by atoms with Gasteiger partial charge in [0, 0.05) is 6.54 Å². The van der Waals surface area contributed by atoms with Crippen LogP contribution in [0.5, 0.6) is 0 Å². The van der Waals surface area contributed by atoms with Gasteiger partial charge in [0.25, 0.3) is 0 Å². The van der Waals surface area contributed by atoms with Crippen LogP contribution >= 0.6 is 0 Å². The van der Waals surface area contributed by atoms with Gasteiger partial charge < -0.3 is 14.7 Å². The lowest BCUT2D eigenvalue weighted by atomic mass is 9.88. The third-order valence-electron chi connectivity index (χ3n) is 6.87. The number of nitrogens with zero attached hydrogens (tertiary/aromatic N) is 4. The van der Waals surface area contributed by atoms with Crippen molar-refractivity contribution in [3.63, 3.8) is 0 Å². The molecule has 3 heterocycles. The highest BCUT2D eigenvalue weighted by Gasteiger charge is 2.54. The van der Waals surface area contributed by atoms with Crippen LogP contribution in [0.15, 0.2) is 16.7 Å². The fourth-order valence-electron chi connectivity index (χ4n) is 4.68. The van der Waals surface area contributed by atoms with Crippen molar-refractivity contribution in [1.29, 1.82) is 0 Å². The first-order valence-electron chi connectivity index (χ1n) is 11.0. The Bertz CT molecular complexity index is 808. The van der Waals surface area contributed by atoms with Crippen LogP contribution in [0.1, 0.15) is 57.9 Å². The molecule has 29 heavy (non-hydrogen) atoms. The predicted molar refractivity (Wildman–Crippen MR) is 116 cm³/mol. The van der Waals surface area contributed by atoms with Crippen LogP contribution in [-0.4, -0.2) is 46.4 Å². The van der Waals surface area contributed by atoms with E-state index in [-0.39, 0.29) is 0 Å². The van der Waals surface area contributed by atoms with Gasteiger partial charge in [-0.3, -0.25) is 0 Å². The minimum atomic E-state index is 0.434. The van der Waals surface area contributed by atoms with Crippen LogP contribution in [0.4, 0.5) is 5.82 Å². The third kappa shape index (κ3) is 4.63. The molecule has 1 spiro atoms. The molecule has 0 radical (unpaired) electrons. The van der Waals surface area contributed by atoms with Gasteiger partial charge in [-0.05, 0) is 88.0 Å². The average molecular weight is 398 g/mol. The monoisotopic (exact) mass is 397 g/mol. The highest BCUT2D eigenvalue weighted by molar-refractivity contribution is 5.63. The minimum absolute atomic E-state index is 0.434. The summed E-state index contributed by atoms with van der Waals surface area (Å²) < 4.78 is 5.23. The first-order chi connectivity index (χ1) is 13.8. The zero-order valence-electron chi connectivity index (χ0n) is 18.6. The van der Waals surface area contributed by atoms with Crippen molar-refractivity contribution >= 4 is 5.82 Å². The molecular weight excluding hydrogens is 362 g/mol. The third-order valence-corrected chi connectivity index (χ3v) is 6.87. The van der Waals surface area contributed by atoms with Crippen molar-refractivity contribution in [2.75, 3.05) is 31.5 Å². The molecule has 1 aliphatic carbocycles. The first kappa shape index (κ1) is 20.3. The Morgan fingerprint density at radius 2 is 1.93 bits per heavy atom. The van der Waals surface area contributed by atoms with Gasteiger partial charge in [-0.2, -0.15) is 0 Å². The average Bonchev–Trinajstić information content (AvgIpc) is 3.24. The summed E-state index contributed by atoms with van der Waals surface area (Å²) in [6.45, 7) is 15.6. The maximum absolute atomic E-state index is 5.23. The molecule has 2 aromatic heterocycles. The fourth-order valence-corrected chi connectivity index (χ4v) is 4.68. The van der Waals surface area contributed by atoms with E-state index in [2.05, 4.69) is 46.3 Å². The van der Waals surface area contributed by atoms with E-state index in [1.807, 2.05) is 26.0 Å². The summed E-state index contributed by atoms with van der Waals surface area (Å²) in [4.78, 5) is 2.66. The van der Waals surface area contributed by atoms with Crippen LogP contribution < -0.4 is 5.32 Å². The number of hydrogen-bond donors (Lipinski definition) is 1. The van der Waals surface area contributed by atoms with Crippen molar-refractivity contribution in [3.05, 3.63) is 23.6 Å². The van der Waals surface area contributed by atoms with Gasteiger partial charge in [0.1, 0.15) is 11.6 Å². The molecule has 0 amide bonds. The lowest BCUT2D eigenvalue weighted by molar-refractivity contribution is 0.147. The number of aryl methyl sites for hydroxylation is 2. The molecule has 1 saturated carbocycles. The van der Waals surface area contributed by atoms with E-state index in [0.717, 1.165) is 41.0 Å². The second-order valence-corrected chi connectivity index (χ2v) is 10.3. The molecule has 4 rings (SSSR count). The Labute approximate surface area is 174 Å². The van der Waals surface area contributed by atoms with Gasteiger partial charge in [0.2, 0.25) is 0 Å². The summed E-state index contributed by atoms with van der Waals surface area (Å²) >= 11 is 0. The van der Waals surface area contributed by atoms with Gasteiger partial charge >= 0.3 is 0 Å². The minimum Gasteiger partial charge on any atom is -0.368 e. The maximum atomic E-state index is 5.23. The van der Waals surface area contributed by atoms with E-state index >= 15 is 0 Å². The zero-order valence-corrected chi connectivity index (χ0v) is 18.6. The van der Waals surface area contributed by atoms with E-state index in [1.165, 1.54) is 45.3 Å². The normalized spacial score (nSPS) is 21.5. The largest absolute Gasteiger partial charge is 0.368 e. The van der Waals surface area contributed by atoms with Crippen molar-refractivity contribution in [1.82, 2.24) is 20.3 Å². The van der Waals surface area contributed by atoms with E-state index < -0.39 is 0 Å². The van der Waals surface area contributed by atoms with Gasteiger partial charge in [-0.25, -0.2) is 0 Å². The Morgan fingerprint density at radius 3 is 2.52 bits per heavy atom. The standard InChI is InChI=1S/C23H35N5O/c1-16-21(17(2)29-27-16)19-6-7-20(26-25-19)24-15-18-14-23(18)9-12-28(13-10-23)11-8-22(3,4)5/h6-7,18H,8-15H2,1-5H3,(H,24,26). The Hall–Kier alpha value is -1.95. The molecule has 2 fully saturated rings. The molecule has 158 valence electrons. The number of piperidine rings is 1. The van der Waals surface area contributed by atoms with E-state index in [1.54, 1.807) is 0 Å². The lowest BCUT2D eigenvalue weighted by Gasteiger charge is -2.34. The van der Waals surface area contributed by atoms with Crippen LogP contribution in [0.2, 0.25) is 0 Å². The molecule has 6 nitrogen and oxygen atoms in total. The molecule has 1 aliphatic heterocycles. The van der Waals surface area contributed by atoms with E-state index in [0.29, 0.717) is 10.8 Å². The highest BCUT2D eigenvalue weighted by atomic mass is 16.5. The molecule has 1 atom stereocenters. The van der Waals surface area contributed by atoms with Gasteiger partial charge in [0.15, 0.2) is 0 Å². The topological polar surface area (TPSA) is 67.1 Å². The van der Waals surface area contributed by atoms with Crippen LogP contribution in [-0.2, 0) is 0 Å². The van der Waals surface area contributed by atoms with Gasteiger partial charge in [-0.1, -0.05) is 25.9 Å². The summed E-state index contributed by atoms with van der Waals surface area (Å²) in [5.74, 6) is 2.41. The van der Waals surface area contributed by atoms with Crippen LogP contribution in [0.25, 0.3) is 11.3 Å². The van der Waals surface area contributed by atoms with Crippen LogP contribution in [0, 0.1) is 30.6 Å². The number of likely N-dealkylation sites (tertiary alicyclic amines) is 1. The highest BCUT2D eigenvalue weighted by Crippen LogP contribution is 2.59. The lowest BCUT2D eigenvalue weighted by Crippen LogP contribution is -2.37. The summed E-state index contributed by atoms with van der Waals surface area (Å²) in [5.41, 5.74) is 3.63. The van der Waals surface area contributed by atoms with Crippen LogP contribution in [0.3, 0.4) is 0 Å². The number of aromatic nitrogens is 3. The van der Waals surface area contributed by atoms with Crippen molar-refractivity contribution in [3.8, 4) is 11.3 Å². The molecule has 0 aromatic carbocycles. The first-order valence-corrected chi connectivity index (χ1v) is 11.0. The van der Waals surface area contributed by atoms with Crippen molar-refractivity contribution < 1.29 is 4.52 Å². The maximum Gasteiger partial charge on any atom is 0.148 e. The quantitative estimate of drug-likeness (QED) is 0.762. The van der Waals surface area contributed by atoms with Gasteiger partial charge in [0.05, 0.1) is 17.0 Å². The van der Waals surface area contributed by atoms with E-state index in [4.69, 9.17) is 4.52 Å². The number of rotatable bonds is 6. The Kier molecular flexibility index (Phi) is 5.40. The summed E-state index contributed by atoms with van der Waals surface area (Å²) in [7, 11) is 0. The summed E-state index contributed by atoms with van der Waals surface area (Å²) in [6.07, 6.45) is 5.34. The number of nitrogens with one attached hydrogen (secondary N) is 1. The second kappa shape index (κ2) is 7.71. The zero-order chi connectivity index (χ0) is 20.6. The number of hydrogen-bond acceptors (Lipinski definition) is 6. The smallest absolute Gasteiger partial charge is 0.148 e. The molecule has 1 N–H and O–H groups in total. The molecular formula is C23H35N5O. The molecule has 0 bridgehead atoms. The molecule has 2 aromatic rings. The predicted octanol–water partition coefficient (Wildman–Crippen LogP) is 4.70. The number of anilines is 1. The Balaban J connectivity index is 1.24. The fraction of sp³-hybridized carbons (Fsp3) is 0.696. The molecule has 2 aliphatic rings. The second-order valence-electron chi connectivity index (χ2n) is 10.3. The molecule has 1 unspecified atom stereocenters. The van der Waals surface area contributed by atoms with Gasteiger partial charge in [-0.15, -0.1) is 10.2 Å². The SMILES string of the molecule is Cc1noc(C)c1-c1ccc(NCC2CC23CCN(CCC(C)(C)C)CC3)nn1. The molecule has 6 heteroatoms. The summed E-state index contributed by atoms with van der Waals surface area (Å²) in [5, 5.41) is 16.3.